The van der Waals surface area contributed by atoms with Gasteiger partial charge in [0.25, 0.3) is 10.1 Å². The van der Waals surface area contributed by atoms with Crippen LogP contribution in [-0.4, -0.2) is 39.7 Å². The van der Waals surface area contributed by atoms with E-state index in [2.05, 4.69) is 13.4 Å². The second-order valence-electron chi connectivity index (χ2n) is 2.61. The number of hydrogen-bond donors (Lipinski definition) is 0. The standard InChI is InChI=1S/C7H14O7PS/c1-4-12-6(8)7(14-16(3,10)11)15(9)13-5-2/h7H,4-5H2,1-3H3/q+1. The molecule has 2 unspecified atom stereocenters. The van der Waals surface area contributed by atoms with Crippen LogP contribution < -0.4 is 0 Å². The van der Waals surface area contributed by atoms with Crippen LogP contribution in [-0.2, 0) is 32.9 Å². The zero-order valence-electron chi connectivity index (χ0n) is 9.20. The van der Waals surface area contributed by atoms with Crippen LogP contribution in [0.3, 0.4) is 0 Å². The van der Waals surface area contributed by atoms with Crippen molar-refractivity contribution >= 4 is 24.1 Å². The molecule has 0 saturated heterocycles. The molecule has 0 aliphatic heterocycles. The Morgan fingerprint density at radius 3 is 2.25 bits per heavy atom. The van der Waals surface area contributed by atoms with E-state index >= 15 is 0 Å². The molecule has 94 valence electrons. The van der Waals surface area contributed by atoms with Crippen molar-refractivity contribution in [1.82, 2.24) is 0 Å². The molecule has 0 aromatic heterocycles. The van der Waals surface area contributed by atoms with Gasteiger partial charge in [-0.3, -0.25) is 0 Å². The maximum Gasteiger partial charge on any atom is 0.554 e. The molecule has 9 heteroatoms. The minimum absolute atomic E-state index is 0.0255. The molecule has 0 radical (unpaired) electrons. The molecule has 0 heterocycles. The van der Waals surface area contributed by atoms with Gasteiger partial charge in [-0.2, -0.15) is 8.42 Å². The molecule has 0 saturated carbocycles. The summed E-state index contributed by atoms with van der Waals surface area (Å²) < 4.78 is 46.6. The van der Waals surface area contributed by atoms with Crippen LogP contribution in [0.2, 0.25) is 0 Å². The molecular weight excluding hydrogens is 259 g/mol. The first kappa shape index (κ1) is 15.4. The largest absolute Gasteiger partial charge is 0.554 e. The molecule has 0 aliphatic carbocycles. The zero-order chi connectivity index (χ0) is 12.8. The number of rotatable bonds is 7. The second-order valence-corrected chi connectivity index (χ2v) is 5.51. The molecule has 0 aromatic carbocycles. The van der Waals surface area contributed by atoms with Gasteiger partial charge in [0.1, 0.15) is 0 Å². The molecule has 0 amide bonds. The van der Waals surface area contributed by atoms with E-state index in [4.69, 9.17) is 0 Å². The smallest absolute Gasteiger partial charge is 0.461 e. The highest BCUT2D eigenvalue weighted by Crippen LogP contribution is 2.32. The van der Waals surface area contributed by atoms with E-state index in [0.717, 1.165) is 6.26 Å². The molecule has 0 aromatic rings. The average molecular weight is 273 g/mol. The Labute approximate surface area is 95.1 Å². The van der Waals surface area contributed by atoms with Gasteiger partial charge >= 0.3 is 19.8 Å². The Morgan fingerprint density at radius 1 is 1.31 bits per heavy atom. The highest BCUT2D eigenvalue weighted by molar-refractivity contribution is 7.86. The molecule has 16 heavy (non-hydrogen) atoms. The SMILES string of the molecule is CCOC(=O)C(OS(C)(=O)=O)[P+](=O)OCC. The predicted molar refractivity (Wildman–Crippen MR) is 55.6 cm³/mol. The summed E-state index contributed by atoms with van der Waals surface area (Å²) in [4.78, 5) is 11.3. The van der Waals surface area contributed by atoms with Gasteiger partial charge < -0.3 is 4.74 Å². The molecule has 0 N–H and O–H groups in total. The molecule has 0 aliphatic rings. The van der Waals surface area contributed by atoms with E-state index in [1.54, 1.807) is 6.92 Å². The maximum absolute atomic E-state index is 11.4. The van der Waals surface area contributed by atoms with Crippen molar-refractivity contribution in [2.75, 3.05) is 19.5 Å². The number of hydrogen-bond acceptors (Lipinski definition) is 7. The lowest BCUT2D eigenvalue weighted by molar-refractivity contribution is -0.147. The third kappa shape index (κ3) is 6.12. The van der Waals surface area contributed by atoms with Gasteiger partial charge in [-0.05, 0) is 18.4 Å². The highest BCUT2D eigenvalue weighted by Gasteiger charge is 2.45. The molecular formula is C7H14O7PS+. The fourth-order valence-electron chi connectivity index (χ4n) is 0.735. The maximum atomic E-state index is 11.4. The quantitative estimate of drug-likeness (QED) is 0.381. The fourth-order valence-corrected chi connectivity index (χ4v) is 2.53. The fraction of sp³-hybridized carbons (Fsp3) is 0.857. The Bertz CT molecular complexity index is 332. The zero-order valence-corrected chi connectivity index (χ0v) is 10.9. The summed E-state index contributed by atoms with van der Waals surface area (Å²) in [6, 6.07) is 0. The number of carbonyl (C=O) groups excluding carboxylic acids is 1. The minimum Gasteiger partial charge on any atom is -0.461 e. The lowest BCUT2D eigenvalue weighted by Gasteiger charge is -2.05. The number of carbonyl (C=O) groups is 1. The first-order chi connectivity index (χ1) is 7.31. The topological polar surface area (TPSA) is 96.0 Å². The van der Waals surface area contributed by atoms with Crippen molar-refractivity contribution in [3.05, 3.63) is 0 Å². The van der Waals surface area contributed by atoms with Gasteiger partial charge in [0.2, 0.25) is 0 Å². The van der Waals surface area contributed by atoms with Crippen molar-refractivity contribution in [2.24, 2.45) is 0 Å². The number of ether oxygens (including phenoxy) is 1. The van der Waals surface area contributed by atoms with Crippen molar-refractivity contribution < 1.29 is 31.2 Å². The summed E-state index contributed by atoms with van der Waals surface area (Å²) in [6.45, 7) is 3.18. The van der Waals surface area contributed by atoms with Gasteiger partial charge in [0, 0.05) is 0 Å². The van der Waals surface area contributed by atoms with Gasteiger partial charge in [0.15, 0.2) is 0 Å². The van der Waals surface area contributed by atoms with Crippen molar-refractivity contribution in [1.29, 1.82) is 0 Å². The summed E-state index contributed by atoms with van der Waals surface area (Å²) in [5.74, 6) is -2.77. The van der Waals surface area contributed by atoms with Gasteiger partial charge in [-0.25, -0.2) is 8.98 Å². The van der Waals surface area contributed by atoms with E-state index in [9.17, 15) is 17.8 Å². The minimum atomic E-state index is -3.91. The third-order valence-electron chi connectivity index (χ3n) is 1.20. The lowest BCUT2D eigenvalue weighted by Crippen LogP contribution is -2.26. The van der Waals surface area contributed by atoms with E-state index in [1.165, 1.54) is 6.92 Å². The Hall–Kier alpha value is -0.560. The van der Waals surface area contributed by atoms with Gasteiger partial charge in [-0.15, -0.1) is 4.52 Å². The molecule has 0 fully saturated rings. The summed E-state index contributed by atoms with van der Waals surface area (Å²) in [5, 5.41) is 0. The van der Waals surface area contributed by atoms with Gasteiger partial charge in [-0.1, -0.05) is 0 Å². The summed E-state index contributed by atoms with van der Waals surface area (Å²) in [5.41, 5.74) is 0. The van der Waals surface area contributed by atoms with Crippen LogP contribution >= 0.6 is 8.03 Å². The Morgan fingerprint density at radius 2 is 1.88 bits per heavy atom. The normalized spacial score (nSPS) is 14.3. The monoisotopic (exact) mass is 273 g/mol. The van der Waals surface area contributed by atoms with Crippen LogP contribution in [0.5, 0.6) is 0 Å². The summed E-state index contributed by atoms with van der Waals surface area (Å²) >= 11 is 0. The third-order valence-corrected chi connectivity index (χ3v) is 3.10. The Balaban J connectivity index is 4.76. The van der Waals surface area contributed by atoms with E-state index in [-0.39, 0.29) is 13.2 Å². The lowest BCUT2D eigenvalue weighted by atomic mass is 10.7. The van der Waals surface area contributed by atoms with E-state index in [1.807, 2.05) is 0 Å². The summed E-state index contributed by atoms with van der Waals surface area (Å²) in [7, 11) is -6.50. The van der Waals surface area contributed by atoms with Crippen LogP contribution in [0, 0.1) is 0 Å². The van der Waals surface area contributed by atoms with Crippen molar-refractivity contribution in [2.45, 2.75) is 19.7 Å². The summed E-state index contributed by atoms with van der Waals surface area (Å²) in [6.07, 6.45) is 0.744. The van der Waals surface area contributed by atoms with Crippen molar-refractivity contribution in [3.8, 4) is 0 Å². The predicted octanol–water partition coefficient (Wildman–Crippen LogP) is 0.631. The second kappa shape index (κ2) is 6.90. The molecule has 0 rings (SSSR count). The first-order valence-corrected chi connectivity index (χ1v) is 7.52. The first-order valence-electron chi connectivity index (χ1n) is 4.46. The van der Waals surface area contributed by atoms with E-state index < -0.39 is 30.0 Å². The van der Waals surface area contributed by atoms with Crippen molar-refractivity contribution in [3.63, 3.8) is 0 Å². The molecule has 2 atom stereocenters. The highest BCUT2D eigenvalue weighted by atomic mass is 32.2. The molecule has 7 nitrogen and oxygen atoms in total. The van der Waals surface area contributed by atoms with Gasteiger partial charge in [0.05, 0.1) is 19.5 Å². The van der Waals surface area contributed by atoms with Crippen LogP contribution in [0.25, 0.3) is 0 Å². The van der Waals surface area contributed by atoms with E-state index in [0.29, 0.717) is 0 Å². The van der Waals surface area contributed by atoms with Crippen LogP contribution in [0.15, 0.2) is 0 Å². The molecule has 0 spiro atoms. The Kier molecular flexibility index (Phi) is 6.66. The number of esters is 1. The van der Waals surface area contributed by atoms with Crippen LogP contribution in [0.1, 0.15) is 13.8 Å². The molecule has 0 bridgehead atoms. The average Bonchev–Trinajstić information content (AvgIpc) is 2.13. The van der Waals surface area contributed by atoms with Crippen LogP contribution in [0.4, 0.5) is 0 Å².